The molecule has 0 heterocycles. The molecule has 0 unspecified atom stereocenters. The first-order valence-corrected chi connectivity index (χ1v) is 8.74. The highest BCUT2D eigenvalue weighted by molar-refractivity contribution is 9.11. The van der Waals surface area contributed by atoms with Crippen LogP contribution in [0.25, 0.3) is 0 Å². The first-order chi connectivity index (χ1) is 11.4. The van der Waals surface area contributed by atoms with Gasteiger partial charge in [-0.2, -0.15) is 5.10 Å². The second-order valence-corrected chi connectivity index (χ2v) is 6.91. The summed E-state index contributed by atoms with van der Waals surface area (Å²) in [4.78, 5) is 11.9. The Kier molecular flexibility index (Phi) is 6.39. The van der Waals surface area contributed by atoms with Gasteiger partial charge in [-0.15, -0.1) is 0 Å². The second kappa shape index (κ2) is 8.30. The van der Waals surface area contributed by atoms with Crippen LogP contribution in [0.15, 0.2) is 50.4 Å². The number of carbonyl (C=O) groups is 1. The van der Waals surface area contributed by atoms with E-state index in [9.17, 15) is 9.90 Å². The monoisotopic (exact) mass is 454 g/mol. The van der Waals surface area contributed by atoms with Crippen molar-refractivity contribution in [3.8, 4) is 11.5 Å². The Labute approximate surface area is 157 Å². The fourth-order valence-corrected chi connectivity index (χ4v) is 3.30. The fraction of sp³-hybridized carbons (Fsp3) is 0.176. The van der Waals surface area contributed by atoms with E-state index in [0.717, 1.165) is 14.5 Å². The predicted molar refractivity (Wildman–Crippen MR) is 101 cm³/mol. The van der Waals surface area contributed by atoms with Crippen LogP contribution in [0, 0.1) is 0 Å². The average molecular weight is 456 g/mol. The Balaban J connectivity index is 2.10. The maximum atomic E-state index is 11.9. The molecule has 0 radical (unpaired) electrons. The number of hydrazone groups is 1. The number of amides is 1. The van der Waals surface area contributed by atoms with Crippen molar-refractivity contribution in [3.63, 3.8) is 0 Å². The minimum Gasteiger partial charge on any atom is -0.507 e. The molecule has 0 aliphatic heterocycles. The van der Waals surface area contributed by atoms with Crippen LogP contribution in [0.3, 0.4) is 0 Å². The highest BCUT2D eigenvalue weighted by Crippen LogP contribution is 2.35. The largest absolute Gasteiger partial charge is 0.507 e. The van der Waals surface area contributed by atoms with E-state index >= 15 is 0 Å². The van der Waals surface area contributed by atoms with Gasteiger partial charge in [-0.1, -0.05) is 12.1 Å². The molecular weight excluding hydrogens is 440 g/mol. The minimum atomic E-state index is -0.484. The lowest BCUT2D eigenvalue weighted by Gasteiger charge is -2.13. The molecule has 0 saturated carbocycles. The molecule has 0 aliphatic carbocycles. The van der Waals surface area contributed by atoms with E-state index in [0.29, 0.717) is 5.75 Å². The number of halogens is 2. The van der Waals surface area contributed by atoms with Gasteiger partial charge in [0.05, 0.1) is 26.8 Å². The second-order valence-electron chi connectivity index (χ2n) is 5.20. The summed E-state index contributed by atoms with van der Waals surface area (Å²) in [6, 6.07) is 9.94. The van der Waals surface area contributed by atoms with Gasteiger partial charge >= 0.3 is 0 Å². The molecule has 5 nitrogen and oxygen atoms in total. The summed E-state index contributed by atoms with van der Waals surface area (Å²) in [5.41, 5.74) is 3.31. The number of para-hydroxylation sites is 1. The van der Waals surface area contributed by atoms with E-state index < -0.39 is 5.91 Å². The zero-order valence-corrected chi connectivity index (χ0v) is 16.3. The van der Waals surface area contributed by atoms with Gasteiger partial charge < -0.3 is 9.84 Å². The molecule has 2 aromatic carbocycles. The van der Waals surface area contributed by atoms with E-state index in [1.165, 1.54) is 18.3 Å². The van der Waals surface area contributed by atoms with Gasteiger partial charge in [-0.05, 0) is 75.5 Å². The number of phenolic OH excluding ortho intramolecular Hbond substituents is 1. The number of aromatic hydroxyl groups is 1. The minimum absolute atomic E-state index is 0.0509. The fourth-order valence-electron chi connectivity index (χ4n) is 1.89. The molecule has 24 heavy (non-hydrogen) atoms. The quantitative estimate of drug-likeness (QED) is 0.516. The molecule has 0 fully saturated rings. The molecule has 0 aliphatic rings. The van der Waals surface area contributed by atoms with E-state index in [2.05, 4.69) is 42.4 Å². The summed E-state index contributed by atoms with van der Waals surface area (Å²) in [6.07, 6.45) is 1.56. The maximum absolute atomic E-state index is 11.9. The average Bonchev–Trinajstić information content (AvgIpc) is 2.51. The topological polar surface area (TPSA) is 70.9 Å². The van der Waals surface area contributed by atoms with Gasteiger partial charge in [0, 0.05) is 0 Å². The lowest BCUT2D eigenvalue weighted by atomic mass is 10.2. The molecule has 1 amide bonds. The van der Waals surface area contributed by atoms with Crippen molar-refractivity contribution < 1.29 is 14.6 Å². The summed E-state index contributed by atoms with van der Waals surface area (Å²) >= 11 is 6.91. The molecule has 2 N–H and O–H groups in total. The van der Waals surface area contributed by atoms with Crippen molar-refractivity contribution in [2.75, 3.05) is 0 Å². The number of ether oxygens (including phenoxy) is 1. The first kappa shape index (κ1) is 18.5. The van der Waals surface area contributed by atoms with E-state index in [1.807, 2.05) is 26.0 Å². The number of hydrogen-bond acceptors (Lipinski definition) is 4. The Morgan fingerprint density at radius 3 is 2.46 bits per heavy atom. The number of rotatable bonds is 5. The lowest BCUT2D eigenvalue weighted by molar-refractivity contribution is 0.0952. The molecule has 126 valence electrons. The Morgan fingerprint density at radius 2 is 1.88 bits per heavy atom. The number of benzene rings is 2. The third-order valence-electron chi connectivity index (χ3n) is 2.90. The van der Waals surface area contributed by atoms with Crippen LogP contribution in [-0.4, -0.2) is 23.3 Å². The van der Waals surface area contributed by atoms with Crippen LogP contribution in [0.5, 0.6) is 11.5 Å². The molecule has 0 spiro atoms. The van der Waals surface area contributed by atoms with Crippen molar-refractivity contribution in [3.05, 3.63) is 56.5 Å². The highest BCUT2D eigenvalue weighted by Gasteiger charge is 2.11. The third kappa shape index (κ3) is 4.82. The van der Waals surface area contributed by atoms with Crippen molar-refractivity contribution >= 4 is 44.0 Å². The summed E-state index contributed by atoms with van der Waals surface area (Å²) < 4.78 is 7.26. The Bertz CT molecular complexity index is 753. The molecule has 0 aromatic heterocycles. The van der Waals surface area contributed by atoms with Gasteiger partial charge in [0.25, 0.3) is 5.91 Å². The molecule has 2 rings (SSSR count). The molecule has 0 atom stereocenters. The van der Waals surface area contributed by atoms with Crippen molar-refractivity contribution in [2.45, 2.75) is 20.0 Å². The molecule has 0 bridgehead atoms. The standard InChI is InChI=1S/C17H16Br2N2O3/c1-10(2)24-16-13(18)7-11(8-14(16)19)9-20-21-17(23)12-5-3-4-6-15(12)22/h3-10,22H,1-2H3,(H,21,23)/b20-9-. The summed E-state index contributed by atoms with van der Waals surface area (Å²) in [6.45, 7) is 3.89. The number of carbonyl (C=O) groups excluding carboxylic acids is 1. The van der Waals surface area contributed by atoms with Crippen LogP contribution in [0.1, 0.15) is 29.8 Å². The first-order valence-electron chi connectivity index (χ1n) is 7.15. The van der Waals surface area contributed by atoms with Crippen LogP contribution < -0.4 is 10.2 Å². The molecule has 7 heteroatoms. The Hall–Kier alpha value is -1.86. The van der Waals surface area contributed by atoms with Crippen molar-refractivity contribution in [1.82, 2.24) is 5.43 Å². The number of nitrogens with one attached hydrogen (secondary N) is 1. The summed E-state index contributed by atoms with van der Waals surface area (Å²) in [7, 11) is 0. The third-order valence-corrected chi connectivity index (χ3v) is 4.08. The SMILES string of the molecule is CC(C)Oc1c(Br)cc(/C=N\NC(=O)c2ccccc2O)cc1Br. The molecular formula is C17H16Br2N2O3. The van der Waals surface area contributed by atoms with Gasteiger partial charge in [-0.25, -0.2) is 5.43 Å². The zero-order valence-electron chi connectivity index (χ0n) is 13.1. The normalized spacial score (nSPS) is 11.0. The van der Waals surface area contributed by atoms with Crippen LogP contribution in [-0.2, 0) is 0 Å². The molecule has 2 aromatic rings. The van der Waals surface area contributed by atoms with Gasteiger partial charge in [0.2, 0.25) is 0 Å². The van der Waals surface area contributed by atoms with Crippen LogP contribution in [0.2, 0.25) is 0 Å². The Morgan fingerprint density at radius 1 is 1.25 bits per heavy atom. The van der Waals surface area contributed by atoms with Crippen molar-refractivity contribution in [2.24, 2.45) is 5.10 Å². The summed E-state index contributed by atoms with van der Waals surface area (Å²) in [5.74, 6) is 0.133. The number of nitrogens with zero attached hydrogens (tertiary/aromatic N) is 1. The van der Waals surface area contributed by atoms with E-state index in [4.69, 9.17) is 4.74 Å². The predicted octanol–water partition coefficient (Wildman–Crippen LogP) is 4.47. The summed E-state index contributed by atoms with van der Waals surface area (Å²) in [5, 5.41) is 13.5. The highest BCUT2D eigenvalue weighted by atomic mass is 79.9. The van der Waals surface area contributed by atoms with E-state index in [-0.39, 0.29) is 17.4 Å². The zero-order chi connectivity index (χ0) is 17.7. The van der Waals surface area contributed by atoms with E-state index in [1.54, 1.807) is 12.1 Å². The van der Waals surface area contributed by atoms with Crippen LogP contribution >= 0.6 is 31.9 Å². The van der Waals surface area contributed by atoms with Gasteiger partial charge in [0.15, 0.2) is 0 Å². The van der Waals surface area contributed by atoms with Crippen molar-refractivity contribution in [1.29, 1.82) is 0 Å². The van der Waals surface area contributed by atoms with Crippen LogP contribution in [0.4, 0.5) is 0 Å². The lowest BCUT2D eigenvalue weighted by Crippen LogP contribution is -2.17. The maximum Gasteiger partial charge on any atom is 0.275 e. The van der Waals surface area contributed by atoms with Gasteiger partial charge in [0.1, 0.15) is 11.5 Å². The molecule has 0 saturated heterocycles. The number of phenols is 1. The smallest absolute Gasteiger partial charge is 0.275 e. The van der Waals surface area contributed by atoms with Gasteiger partial charge in [-0.3, -0.25) is 4.79 Å². The number of hydrogen-bond donors (Lipinski definition) is 2.